The van der Waals surface area contributed by atoms with Crippen LogP contribution < -0.4 is 10.5 Å². The van der Waals surface area contributed by atoms with Crippen LogP contribution >= 0.6 is 0 Å². The Morgan fingerprint density at radius 3 is 2.33 bits per heavy atom. The number of nitrogens with zero attached hydrogens (tertiary/aromatic N) is 2. The van der Waals surface area contributed by atoms with E-state index in [1.165, 1.54) is 0 Å². The number of methoxy groups -OCH3 is 2. The molecule has 0 amide bonds. The third-order valence-corrected chi connectivity index (χ3v) is 3.53. The van der Waals surface area contributed by atoms with E-state index >= 15 is 0 Å². The van der Waals surface area contributed by atoms with E-state index in [-0.39, 0.29) is 18.2 Å². The highest BCUT2D eigenvalue weighted by Gasteiger charge is 2.28. The van der Waals surface area contributed by atoms with Crippen molar-refractivity contribution in [2.75, 3.05) is 14.2 Å². The van der Waals surface area contributed by atoms with E-state index < -0.39 is 0 Å². The van der Waals surface area contributed by atoms with Crippen LogP contribution in [0.2, 0.25) is 0 Å². The molecule has 2 rings (SSSR count). The van der Waals surface area contributed by atoms with E-state index in [0.29, 0.717) is 5.75 Å². The number of hydrogen-bond acceptors (Lipinski definition) is 4. The summed E-state index contributed by atoms with van der Waals surface area (Å²) in [6.45, 7) is 4.12. The molecule has 0 radical (unpaired) electrons. The molecule has 1 heterocycles. The average Bonchev–Trinajstić information content (AvgIpc) is 2.93. The van der Waals surface area contributed by atoms with Gasteiger partial charge in [-0.05, 0) is 19.4 Å². The summed E-state index contributed by atoms with van der Waals surface area (Å²) in [6, 6.07) is 9.78. The highest BCUT2D eigenvalue weighted by Crippen LogP contribution is 2.35. The summed E-state index contributed by atoms with van der Waals surface area (Å²) in [7, 11) is 3.29. The fourth-order valence-corrected chi connectivity index (χ4v) is 2.52. The van der Waals surface area contributed by atoms with Gasteiger partial charge < -0.3 is 15.2 Å². The van der Waals surface area contributed by atoms with Crippen LogP contribution in [-0.2, 0) is 4.74 Å². The molecule has 0 bridgehead atoms. The molecule has 0 spiro atoms. The summed E-state index contributed by atoms with van der Waals surface area (Å²) in [5.41, 5.74) is 8.36. The van der Waals surface area contributed by atoms with E-state index in [2.05, 4.69) is 18.9 Å². The van der Waals surface area contributed by atoms with Gasteiger partial charge in [0.25, 0.3) is 0 Å². The lowest BCUT2D eigenvalue weighted by molar-refractivity contribution is 0.0763. The van der Waals surface area contributed by atoms with Gasteiger partial charge >= 0.3 is 0 Å². The molecule has 1 aromatic heterocycles. The van der Waals surface area contributed by atoms with E-state index in [1.54, 1.807) is 20.4 Å². The lowest BCUT2D eigenvalue weighted by Crippen LogP contribution is -2.25. The van der Waals surface area contributed by atoms with Crippen LogP contribution in [0, 0.1) is 0 Å². The molecule has 0 aliphatic heterocycles. The molecule has 5 heteroatoms. The second-order valence-corrected chi connectivity index (χ2v) is 5.23. The van der Waals surface area contributed by atoms with Crippen molar-refractivity contribution in [2.24, 2.45) is 5.73 Å². The normalized spacial score (nSPS) is 14.2. The van der Waals surface area contributed by atoms with Crippen LogP contribution in [0.1, 0.15) is 43.3 Å². The van der Waals surface area contributed by atoms with Gasteiger partial charge in [-0.25, -0.2) is 0 Å². The maximum absolute atomic E-state index is 6.48. The van der Waals surface area contributed by atoms with Crippen molar-refractivity contribution >= 4 is 0 Å². The smallest absolute Gasteiger partial charge is 0.161 e. The molecule has 0 fully saturated rings. The number of benzene rings is 1. The number of ether oxygens (including phenoxy) is 2. The van der Waals surface area contributed by atoms with Gasteiger partial charge in [-0.3, -0.25) is 4.68 Å². The summed E-state index contributed by atoms with van der Waals surface area (Å²) < 4.78 is 12.9. The lowest BCUT2D eigenvalue weighted by atomic mass is 9.99. The molecule has 0 saturated carbocycles. The minimum Gasteiger partial charge on any atom is -0.493 e. The molecule has 2 unspecified atom stereocenters. The monoisotopic (exact) mass is 289 g/mol. The first-order valence-corrected chi connectivity index (χ1v) is 7.04. The third-order valence-electron chi connectivity index (χ3n) is 3.53. The van der Waals surface area contributed by atoms with Gasteiger partial charge in [0.1, 0.15) is 11.8 Å². The molecule has 21 heavy (non-hydrogen) atoms. The fourth-order valence-electron chi connectivity index (χ4n) is 2.52. The Kier molecular flexibility index (Phi) is 4.98. The first-order valence-electron chi connectivity index (χ1n) is 7.04. The highest BCUT2D eigenvalue weighted by atomic mass is 16.5. The van der Waals surface area contributed by atoms with E-state index in [1.807, 2.05) is 35.0 Å². The first kappa shape index (κ1) is 15.5. The van der Waals surface area contributed by atoms with Gasteiger partial charge in [0.05, 0.1) is 19.3 Å². The Balaban J connectivity index is 2.42. The summed E-state index contributed by atoms with van der Waals surface area (Å²) >= 11 is 0. The van der Waals surface area contributed by atoms with Crippen LogP contribution in [0.15, 0.2) is 36.5 Å². The Morgan fingerprint density at radius 2 is 1.81 bits per heavy atom. The van der Waals surface area contributed by atoms with Crippen LogP contribution in [0.4, 0.5) is 0 Å². The average molecular weight is 289 g/mol. The van der Waals surface area contributed by atoms with E-state index in [0.717, 1.165) is 11.3 Å². The molecule has 2 atom stereocenters. The molecular weight excluding hydrogens is 266 g/mol. The number of hydrogen-bond donors (Lipinski definition) is 1. The Labute approximate surface area is 125 Å². The zero-order valence-corrected chi connectivity index (χ0v) is 13.0. The lowest BCUT2D eigenvalue weighted by Gasteiger charge is -2.25. The SMILES string of the molecule is COc1cnn(C(C)C)c1C(N)C(OC)c1ccccc1. The maximum Gasteiger partial charge on any atom is 0.161 e. The summed E-state index contributed by atoms with van der Waals surface area (Å²) in [6.07, 6.45) is 1.45. The topological polar surface area (TPSA) is 62.3 Å². The Morgan fingerprint density at radius 1 is 1.14 bits per heavy atom. The summed E-state index contributed by atoms with van der Waals surface area (Å²) in [5, 5.41) is 4.37. The van der Waals surface area contributed by atoms with Gasteiger partial charge in [-0.2, -0.15) is 5.10 Å². The van der Waals surface area contributed by atoms with Crippen LogP contribution in [0.5, 0.6) is 5.75 Å². The molecule has 1 aromatic carbocycles. The molecule has 2 N–H and O–H groups in total. The molecule has 5 nitrogen and oxygen atoms in total. The minimum atomic E-state index is -0.364. The van der Waals surface area contributed by atoms with Gasteiger partial charge in [0.2, 0.25) is 0 Å². The van der Waals surface area contributed by atoms with E-state index in [9.17, 15) is 0 Å². The molecule has 0 saturated heterocycles. The van der Waals surface area contributed by atoms with Crippen molar-refractivity contribution in [3.63, 3.8) is 0 Å². The summed E-state index contributed by atoms with van der Waals surface area (Å²) in [4.78, 5) is 0. The predicted octanol–water partition coefficient (Wildman–Crippen LogP) is 2.86. The van der Waals surface area contributed by atoms with Crippen molar-refractivity contribution in [1.82, 2.24) is 9.78 Å². The Hall–Kier alpha value is -1.85. The number of aromatic nitrogens is 2. The largest absolute Gasteiger partial charge is 0.493 e. The van der Waals surface area contributed by atoms with Crippen LogP contribution in [0.25, 0.3) is 0 Å². The van der Waals surface area contributed by atoms with Gasteiger partial charge in [0, 0.05) is 13.2 Å². The van der Waals surface area contributed by atoms with Crippen molar-refractivity contribution in [3.8, 4) is 5.75 Å². The van der Waals surface area contributed by atoms with Crippen molar-refractivity contribution in [2.45, 2.75) is 32.0 Å². The summed E-state index contributed by atoms with van der Waals surface area (Å²) in [5.74, 6) is 0.689. The second-order valence-electron chi connectivity index (χ2n) is 5.23. The zero-order chi connectivity index (χ0) is 15.4. The molecular formula is C16H23N3O2. The number of rotatable bonds is 6. The van der Waals surface area contributed by atoms with Gasteiger partial charge in [-0.1, -0.05) is 30.3 Å². The van der Waals surface area contributed by atoms with Crippen molar-refractivity contribution in [3.05, 3.63) is 47.8 Å². The maximum atomic E-state index is 6.48. The first-order chi connectivity index (χ1) is 10.1. The fraction of sp³-hybridized carbons (Fsp3) is 0.438. The molecule has 114 valence electrons. The standard InChI is InChI=1S/C16H23N3O2/c1-11(2)19-15(13(20-3)10-18-19)14(17)16(21-4)12-8-6-5-7-9-12/h5-11,14,16H,17H2,1-4H3. The number of nitrogens with two attached hydrogens (primary N) is 1. The second kappa shape index (κ2) is 6.74. The third kappa shape index (κ3) is 3.09. The van der Waals surface area contributed by atoms with Crippen molar-refractivity contribution < 1.29 is 9.47 Å². The molecule has 0 aliphatic carbocycles. The highest BCUT2D eigenvalue weighted by molar-refractivity contribution is 5.32. The Bertz CT molecular complexity index is 566. The van der Waals surface area contributed by atoms with Crippen LogP contribution in [0.3, 0.4) is 0 Å². The van der Waals surface area contributed by atoms with Gasteiger partial charge in [-0.15, -0.1) is 0 Å². The van der Waals surface area contributed by atoms with Crippen LogP contribution in [-0.4, -0.2) is 24.0 Å². The van der Waals surface area contributed by atoms with Crippen molar-refractivity contribution in [1.29, 1.82) is 0 Å². The molecule has 0 aliphatic rings. The minimum absolute atomic E-state index is 0.197. The predicted molar refractivity (Wildman–Crippen MR) is 82.3 cm³/mol. The van der Waals surface area contributed by atoms with Gasteiger partial charge in [0.15, 0.2) is 5.75 Å². The van der Waals surface area contributed by atoms with E-state index in [4.69, 9.17) is 15.2 Å². The quantitative estimate of drug-likeness (QED) is 0.888. The zero-order valence-electron chi connectivity index (χ0n) is 13.0. The molecule has 2 aromatic rings.